The van der Waals surface area contributed by atoms with E-state index in [2.05, 4.69) is 4.99 Å². The molecule has 0 aliphatic rings. The van der Waals surface area contributed by atoms with Gasteiger partial charge in [-0.05, 0) is 41.7 Å². The van der Waals surface area contributed by atoms with Gasteiger partial charge in [-0.25, -0.2) is 0 Å². The summed E-state index contributed by atoms with van der Waals surface area (Å²) in [7, 11) is 0. The molecule has 2 rings (SSSR count). The van der Waals surface area contributed by atoms with Crippen LogP contribution >= 0.6 is 0 Å². The number of hydrogen-bond acceptors (Lipinski definition) is 2. The molecule has 0 fully saturated rings. The molecule has 0 aliphatic heterocycles. The Morgan fingerprint density at radius 3 is 2.08 bits per heavy atom. The number of aryl methyl sites for hydroxylation is 1. The third-order valence-corrected chi connectivity index (χ3v) is 3.63. The predicted octanol–water partition coefficient (Wildman–Crippen LogP) is 5.77. The maximum Gasteiger partial charge on any atom is 0.416 e. The van der Waals surface area contributed by atoms with Crippen LogP contribution in [0.3, 0.4) is 0 Å². The van der Waals surface area contributed by atoms with Gasteiger partial charge in [-0.3, -0.25) is 4.99 Å². The number of aliphatic imine (C=N–C) groups is 1. The smallest absolute Gasteiger partial charge is 0.416 e. The predicted molar refractivity (Wildman–Crippen MR) is 90.2 cm³/mol. The van der Waals surface area contributed by atoms with E-state index in [1.807, 2.05) is 33.8 Å². The summed E-state index contributed by atoms with van der Waals surface area (Å²) < 4.78 is 37.7. The van der Waals surface area contributed by atoms with Gasteiger partial charge in [-0.15, -0.1) is 0 Å². The van der Waals surface area contributed by atoms with Crippen molar-refractivity contribution in [2.45, 2.75) is 39.3 Å². The fraction of sp³-hybridized carbons (Fsp3) is 0.316. The minimum Gasteiger partial charge on any atom is -0.505 e. The molecule has 0 unspecified atom stereocenters. The van der Waals surface area contributed by atoms with Crippen molar-refractivity contribution in [3.63, 3.8) is 0 Å². The van der Waals surface area contributed by atoms with Gasteiger partial charge < -0.3 is 5.11 Å². The van der Waals surface area contributed by atoms with Gasteiger partial charge in [0.1, 0.15) is 11.4 Å². The average molecular weight is 335 g/mol. The molecule has 0 saturated heterocycles. The van der Waals surface area contributed by atoms with Gasteiger partial charge >= 0.3 is 6.18 Å². The van der Waals surface area contributed by atoms with E-state index in [4.69, 9.17) is 0 Å². The number of aromatic hydroxyl groups is 1. The Balaban J connectivity index is 2.34. The zero-order valence-corrected chi connectivity index (χ0v) is 14.1. The van der Waals surface area contributed by atoms with E-state index in [0.29, 0.717) is 11.3 Å². The van der Waals surface area contributed by atoms with Crippen LogP contribution in [0, 0.1) is 6.92 Å². The summed E-state index contributed by atoms with van der Waals surface area (Å²) >= 11 is 0. The molecule has 0 amide bonds. The van der Waals surface area contributed by atoms with Crippen molar-refractivity contribution in [1.29, 1.82) is 0 Å². The van der Waals surface area contributed by atoms with Gasteiger partial charge in [0.2, 0.25) is 0 Å². The van der Waals surface area contributed by atoms with Crippen molar-refractivity contribution in [3.8, 4) is 5.75 Å². The van der Waals surface area contributed by atoms with Crippen LogP contribution in [0.4, 0.5) is 18.9 Å². The maximum absolute atomic E-state index is 12.6. The summed E-state index contributed by atoms with van der Waals surface area (Å²) in [5, 5.41) is 10.4. The summed E-state index contributed by atoms with van der Waals surface area (Å²) in [5.74, 6) is 0.0938. The molecule has 2 nitrogen and oxygen atoms in total. The Morgan fingerprint density at radius 1 is 1.00 bits per heavy atom. The molecule has 1 N–H and O–H groups in total. The van der Waals surface area contributed by atoms with Crippen LogP contribution in [0.1, 0.15) is 43.0 Å². The average Bonchev–Trinajstić information content (AvgIpc) is 2.46. The van der Waals surface area contributed by atoms with Crippen molar-refractivity contribution >= 4 is 11.9 Å². The van der Waals surface area contributed by atoms with Crippen LogP contribution < -0.4 is 0 Å². The zero-order valence-electron chi connectivity index (χ0n) is 14.1. The highest BCUT2D eigenvalue weighted by atomic mass is 19.4. The largest absolute Gasteiger partial charge is 0.505 e. The lowest BCUT2D eigenvalue weighted by Gasteiger charge is -2.21. The lowest BCUT2D eigenvalue weighted by atomic mass is 9.85. The molecule has 0 heterocycles. The molecule has 0 spiro atoms. The van der Waals surface area contributed by atoms with E-state index >= 15 is 0 Å². The van der Waals surface area contributed by atoms with Crippen LogP contribution in [-0.4, -0.2) is 11.3 Å². The summed E-state index contributed by atoms with van der Waals surface area (Å²) in [6, 6.07) is 8.38. The SMILES string of the molecule is Cc1cc(/N=C\c2ccc(C(F)(F)F)cc2)c(O)c(C(C)(C)C)c1. The fourth-order valence-corrected chi connectivity index (χ4v) is 2.33. The minimum atomic E-state index is -4.36. The topological polar surface area (TPSA) is 32.6 Å². The molecule has 0 aromatic heterocycles. The first-order chi connectivity index (χ1) is 11.0. The van der Waals surface area contributed by atoms with Crippen molar-refractivity contribution in [1.82, 2.24) is 0 Å². The maximum atomic E-state index is 12.6. The molecule has 128 valence electrons. The van der Waals surface area contributed by atoms with E-state index in [9.17, 15) is 18.3 Å². The van der Waals surface area contributed by atoms with E-state index in [1.165, 1.54) is 18.3 Å². The first-order valence-electron chi connectivity index (χ1n) is 7.54. The highest BCUT2D eigenvalue weighted by Gasteiger charge is 2.29. The lowest BCUT2D eigenvalue weighted by molar-refractivity contribution is -0.137. The summed E-state index contributed by atoms with van der Waals surface area (Å²) in [6.07, 6.45) is -2.91. The van der Waals surface area contributed by atoms with Gasteiger partial charge in [0.15, 0.2) is 0 Å². The number of phenolic OH excluding ortho intramolecular Hbond substituents is 1. The Bertz CT molecular complexity index is 754. The van der Waals surface area contributed by atoms with Crippen LogP contribution in [-0.2, 0) is 11.6 Å². The van der Waals surface area contributed by atoms with Crippen molar-refractivity contribution in [3.05, 3.63) is 58.7 Å². The van der Waals surface area contributed by atoms with Gasteiger partial charge in [-0.1, -0.05) is 39.0 Å². The molecule has 0 bridgehead atoms. The summed E-state index contributed by atoms with van der Waals surface area (Å²) in [5.41, 5.74) is 1.72. The Hall–Kier alpha value is -2.30. The van der Waals surface area contributed by atoms with Crippen molar-refractivity contribution < 1.29 is 18.3 Å². The lowest BCUT2D eigenvalue weighted by Crippen LogP contribution is -2.11. The number of halogens is 3. The standard InChI is InChI=1S/C19H20F3NO/c1-12-9-15(18(2,3)4)17(24)16(10-12)23-11-13-5-7-14(8-6-13)19(20,21)22/h5-11,24H,1-4H3/b23-11-. The van der Waals surface area contributed by atoms with Crippen LogP contribution in [0.2, 0.25) is 0 Å². The molecule has 5 heteroatoms. The van der Waals surface area contributed by atoms with E-state index in [-0.39, 0.29) is 11.2 Å². The third-order valence-electron chi connectivity index (χ3n) is 3.63. The molecule has 0 radical (unpaired) electrons. The minimum absolute atomic E-state index is 0.0938. The summed E-state index contributed by atoms with van der Waals surface area (Å²) in [6.45, 7) is 7.88. The fourth-order valence-electron chi connectivity index (χ4n) is 2.33. The second-order valence-electron chi connectivity index (χ2n) is 6.81. The Kier molecular flexibility index (Phi) is 4.74. The van der Waals surface area contributed by atoms with Crippen LogP contribution in [0.25, 0.3) is 0 Å². The molecule has 2 aromatic rings. The van der Waals surface area contributed by atoms with Gasteiger partial charge in [0.25, 0.3) is 0 Å². The van der Waals surface area contributed by atoms with E-state index in [1.54, 1.807) is 6.07 Å². The zero-order chi connectivity index (χ0) is 18.1. The third kappa shape index (κ3) is 4.16. The van der Waals surface area contributed by atoms with Gasteiger partial charge in [0, 0.05) is 11.8 Å². The molecule has 0 saturated carbocycles. The van der Waals surface area contributed by atoms with E-state index in [0.717, 1.165) is 23.3 Å². The van der Waals surface area contributed by atoms with Crippen LogP contribution in [0.15, 0.2) is 41.4 Å². The summed E-state index contributed by atoms with van der Waals surface area (Å²) in [4.78, 5) is 4.25. The molecule has 0 atom stereocenters. The molecular formula is C19H20F3NO. The quantitative estimate of drug-likeness (QED) is 0.695. The number of benzene rings is 2. The van der Waals surface area contributed by atoms with E-state index < -0.39 is 11.7 Å². The Labute approximate surface area is 139 Å². The normalized spacial score (nSPS) is 12.8. The number of alkyl halides is 3. The molecule has 24 heavy (non-hydrogen) atoms. The van der Waals surface area contributed by atoms with Gasteiger partial charge in [-0.2, -0.15) is 13.2 Å². The van der Waals surface area contributed by atoms with Gasteiger partial charge in [0.05, 0.1) is 5.56 Å². The van der Waals surface area contributed by atoms with Crippen LogP contribution in [0.5, 0.6) is 5.75 Å². The first kappa shape index (κ1) is 18.0. The monoisotopic (exact) mass is 335 g/mol. The highest BCUT2D eigenvalue weighted by Crippen LogP contribution is 2.38. The van der Waals surface area contributed by atoms with Crippen molar-refractivity contribution in [2.24, 2.45) is 4.99 Å². The number of rotatable bonds is 2. The second kappa shape index (κ2) is 6.30. The second-order valence-corrected chi connectivity index (χ2v) is 6.81. The molecular weight excluding hydrogens is 315 g/mol. The number of nitrogens with zero attached hydrogens (tertiary/aromatic N) is 1. The molecule has 2 aromatic carbocycles. The first-order valence-corrected chi connectivity index (χ1v) is 7.54. The molecule has 0 aliphatic carbocycles. The number of phenols is 1. The van der Waals surface area contributed by atoms with Crippen molar-refractivity contribution in [2.75, 3.05) is 0 Å². The Morgan fingerprint density at radius 2 is 1.58 bits per heavy atom. The number of hydrogen-bond donors (Lipinski definition) is 1. The highest BCUT2D eigenvalue weighted by molar-refractivity contribution is 5.83.